The van der Waals surface area contributed by atoms with E-state index in [1.54, 1.807) is 31.3 Å². The minimum Gasteiger partial charge on any atom is -0.491 e. The van der Waals surface area contributed by atoms with Crippen LogP contribution >= 0.6 is 0 Å². The van der Waals surface area contributed by atoms with E-state index in [0.29, 0.717) is 18.1 Å². The zero-order chi connectivity index (χ0) is 12.3. The summed E-state index contributed by atoms with van der Waals surface area (Å²) in [7, 11) is 0. The predicted octanol–water partition coefficient (Wildman–Crippen LogP) is 2.99. The van der Waals surface area contributed by atoms with Crippen molar-refractivity contribution in [1.29, 1.82) is 0 Å². The van der Waals surface area contributed by atoms with Gasteiger partial charge in [0.05, 0.1) is 12.3 Å². The van der Waals surface area contributed by atoms with E-state index in [-0.39, 0.29) is 11.6 Å². The number of nitrogens with zero attached hydrogens (tertiary/aromatic N) is 2. The zero-order valence-corrected chi connectivity index (χ0v) is 9.77. The van der Waals surface area contributed by atoms with Crippen LogP contribution in [-0.2, 0) is 0 Å². The Kier molecular flexibility index (Phi) is 3.32. The van der Waals surface area contributed by atoms with Crippen molar-refractivity contribution in [3.05, 3.63) is 42.1 Å². The topological polar surface area (TPSA) is 35.0 Å². The molecule has 0 saturated heterocycles. The third-order valence-corrected chi connectivity index (χ3v) is 2.30. The van der Waals surface area contributed by atoms with Gasteiger partial charge in [0.2, 0.25) is 0 Å². The lowest BCUT2D eigenvalue weighted by Crippen LogP contribution is -1.95. The first-order valence-electron chi connectivity index (χ1n) is 5.43. The van der Waals surface area contributed by atoms with Crippen LogP contribution in [0.25, 0.3) is 11.3 Å². The Morgan fingerprint density at radius 2 is 2.12 bits per heavy atom. The largest absolute Gasteiger partial charge is 0.491 e. The van der Waals surface area contributed by atoms with Crippen LogP contribution in [0.3, 0.4) is 0 Å². The summed E-state index contributed by atoms with van der Waals surface area (Å²) >= 11 is 0. The lowest BCUT2D eigenvalue weighted by molar-refractivity contribution is 0.321. The first kappa shape index (κ1) is 11.5. The van der Waals surface area contributed by atoms with Crippen molar-refractivity contribution in [3.63, 3.8) is 0 Å². The van der Waals surface area contributed by atoms with Gasteiger partial charge in [-0.3, -0.25) is 0 Å². The first-order valence-corrected chi connectivity index (χ1v) is 5.43. The second kappa shape index (κ2) is 4.91. The summed E-state index contributed by atoms with van der Waals surface area (Å²) in [4.78, 5) is 8.25. The standard InChI is InChI=1S/C13H13FN2O/c1-3-17-13-5-4-10(8-11(13)14)12-6-7-15-9(2)16-12/h4-8H,3H2,1-2H3. The van der Waals surface area contributed by atoms with Crippen molar-refractivity contribution in [2.45, 2.75) is 13.8 Å². The molecule has 0 unspecified atom stereocenters. The van der Waals surface area contributed by atoms with E-state index in [1.807, 2.05) is 6.92 Å². The fourth-order valence-corrected chi connectivity index (χ4v) is 1.55. The van der Waals surface area contributed by atoms with Crippen LogP contribution in [0.4, 0.5) is 4.39 Å². The third-order valence-electron chi connectivity index (χ3n) is 2.30. The molecule has 0 aliphatic heterocycles. The van der Waals surface area contributed by atoms with Gasteiger partial charge in [-0.1, -0.05) is 0 Å². The summed E-state index contributed by atoms with van der Waals surface area (Å²) in [6, 6.07) is 6.58. The number of ether oxygens (including phenoxy) is 1. The zero-order valence-electron chi connectivity index (χ0n) is 9.77. The maximum absolute atomic E-state index is 13.7. The molecule has 0 saturated carbocycles. The second-order valence-electron chi connectivity index (χ2n) is 3.57. The number of aromatic nitrogens is 2. The van der Waals surface area contributed by atoms with Gasteiger partial charge in [0, 0.05) is 11.8 Å². The Morgan fingerprint density at radius 1 is 1.29 bits per heavy atom. The Hall–Kier alpha value is -1.97. The van der Waals surface area contributed by atoms with Crippen molar-refractivity contribution >= 4 is 0 Å². The van der Waals surface area contributed by atoms with E-state index in [4.69, 9.17) is 4.74 Å². The molecule has 0 spiro atoms. The fourth-order valence-electron chi connectivity index (χ4n) is 1.55. The van der Waals surface area contributed by atoms with Crippen LogP contribution in [0.5, 0.6) is 5.75 Å². The van der Waals surface area contributed by atoms with Gasteiger partial charge < -0.3 is 4.74 Å². The average molecular weight is 232 g/mol. The van der Waals surface area contributed by atoms with Gasteiger partial charge in [0.15, 0.2) is 11.6 Å². The molecule has 0 N–H and O–H groups in total. The summed E-state index contributed by atoms with van der Waals surface area (Å²) in [5, 5.41) is 0. The number of hydrogen-bond acceptors (Lipinski definition) is 3. The van der Waals surface area contributed by atoms with Gasteiger partial charge >= 0.3 is 0 Å². The molecule has 1 aromatic carbocycles. The Morgan fingerprint density at radius 3 is 2.76 bits per heavy atom. The molecular formula is C13H13FN2O. The second-order valence-corrected chi connectivity index (χ2v) is 3.57. The minimum atomic E-state index is -0.374. The van der Waals surface area contributed by atoms with Crippen molar-refractivity contribution in [1.82, 2.24) is 9.97 Å². The van der Waals surface area contributed by atoms with Crippen LogP contribution < -0.4 is 4.74 Å². The first-order chi connectivity index (χ1) is 8.20. The molecule has 1 heterocycles. The molecular weight excluding hydrogens is 219 g/mol. The van der Waals surface area contributed by atoms with E-state index < -0.39 is 0 Å². The molecule has 1 aromatic heterocycles. The van der Waals surface area contributed by atoms with Crippen molar-refractivity contribution in [2.24, 2.45) is 0 Å². The smallest absolute Gasteiger partial charge is 0.165 e. The maximum atomic E-state index is 13.7. The van der Waals surface area contributed by atoms with Crippen molar-refractivity contribution < 1.29 is 9.13 Å². The summed E-state index contributed by atoms with van der Waals surface area (Å²) in [6.07, 6.45) is 1.66. The highest BCUT2D eigenvalue weighted by atomic mass is 19.1. The summed E-state index contributed by atoms with van der Waals surface area (Å²) < 4.78 is 18.8. The molecule has 3 nitrogen and oxygen atoms in total. The molecule has 0 aliphatic rings. The molecule has 0 atom stereocenters. The summed E-state index contributed by atoms with van der Waals surface area (Å²) in [5.74, 6) is 0.555. The third kappa shape index (κ3) is 2.58. The number of hydrogen-bond donors (Lipinski definition) is 0. The highest BCUT2D eigenvalue weighted by molar-refractivity contribution is 5.60. The van der Waals surface area contributed by atoms with Gasteiger partial charge in [-0.05, 0) is 38.1 Å². The molecule has 0 amide bonds. The fraction of sp³-hybridized carbons (Fsp3) is 0.231. The average Bonchev–Trinajstić information content (AvgIpc) is 2.32. The Labute approximate surface area is 99.3 Å². The van der Waals surface area contributed by atoms with Crippen LogP contribution in [-0.4, -0.2) is 16.6 Å². The number of halogens is 1. The monoisotopic (exact) mass is 232 g/mol. The minimum absolute atomic E-state index is 0.266. The van der Waals surface area contributed by atoms with Gasteiger partial charge in [0.1, 0.15) is 5.82 Å². The molecule has 4 heteroatoms. The van der Waals surface area contributed by atoms with Gasteiger partial charge in [-0.25, -0.2) is 14.4 Å². The highest BCUT2D eigenvalue weighted by Crippen LogP contribution is 2.24. The number of benzene rings is 1. The lowest BCUT2D eigenvalue weighted by Gasteiger charge is -2.06. The molecule has 0 aliphatic carbocycles. The summed E-state index contributed by atoms with van der Waals surface area (Å²) in [6.45, 7) is 4.07. The van der Waals surface area contributed by atoms with Gasteiger partial charge in [-0.2, -0.15) is 0 Å². The Bertz CT molecular complexity index is 529. The molecule has 0 radical (unpaired) electrons. The lowest BCUT2D eigenvalue weighted by atomic mass is 10.1. The maximum Gasteiger partial charge on any atom is 0.165 e. The highest BCUT2D eigenvalue weighted by Gasteiger charge is 2.06. The van der Waals surface area contributed by atoms with E-state index in [2.05, 4.69) is 9.97 Å². The normalized spacial score (nSPS) is 10.3. The molecule has 0 fully saturated rings. The van der Waals surface area contributed by atoms with E-state index in [0.717, 1.165) is 5.56 Å². The van der Waals surface area contributed by atoms with E-state index in [9.17, 15) is 4.39 Å². The predicted molar refractivity (Wildman–Crippen MR) is 63.3 cm³/mol. The molecule has 2 rings (SSSR count). The van der Waals surface area contributed by atoms with E-state index >= 15 is 0 Å². The SMILES string of the molecule is CCOc1ccc(-c2ccnc(C)n2)cc1F. The van der Waals surface area contributed by atoms with Crippen LogP contribution in [0.15, 0.2) is 30.5 Å². The van der Waals surface area contributed by atoms with Crippen molar-refractivity contribution in [3.8, 4) is 17.0 Å². The molecule has 88 valence electrons. The van der Waals surface area contributed by atoms with Gasteiger partial charge in [-0.15, -0.1) is 0 Å². The van der Waals surface area contributed by atoms with Crippen LogP contribution in [0, 0.1) is 12.7 Å². The number of rotatable bonds is 3. The molecule has 0 bridgehead atoms. The van der Waals surface area contributed by atoms with Gasteiger partial charge in [0.25, 0.3) is 0 Å². The van der Waals surface area contributed by atoms with Crippen LogP contribution in [0.1, 0.15) is 12.7 Å². The summed E-state index contributed by atoms with van der Waals surface area (Å²) in [5.41, 5.74) is 1.43. The Balaban J connectivity index is 2.37. The quantitative estimate of drug-likeness (QED) is 0.816. The number of aryl methyl sites for hydroxylation is 1. The molecule has 2 aromatic rings. The van der Waals surface area contributed by atoms with E-state index in [1.165, 1.54) is 6.07 Å². The molecule has 17 heavy (non-hydrogen) atoms. The van der Waals surface area contributed by atoms with Crippen molar-refractivity contribution in [2.75, 3.05) is 6.61 Å². The van der Waals surface area contributed by atoms with Crippen LogP contribution in [0.2, 0.25) is 0 Å².